The molecular weight excluding hydrogens is 460 g/mol. The molecule has 0 bridgehead atoms. The van der Waals surface area contributed by atoms with Crippen molar-refractivity contribution in [3.05, 3.63) is 31.6 Å². The van der Waals surface area contributed by atoms with Gasteiger partial charge < -0.3 is 4.90 Å². The fraction of sp³-hybridized carbons (Fsp3) is 0.200. The molecule has 0 spiro atoms. The van der Waals surface area contributed by atoms with E-state index in [0.717, 1.165) is 7.40 Å². The maximum Gasteiger partial charge on any atom is 0.273 e. The third-order valence-electron chi connectivity index (χ3n) is 2.19. The van der Waals surface area contributed by atoms with Gasteiger partial charge in [-0.15, -0.1) is 10.2 Å². The van der Waals surface area contributed by atoms with Crippen molar-refractivity contribution in [2.45, 2.75) is 0 Å². The van der Waals surface area contributed by atoms with E-state index in [2.05, 4.69) is 60.4 Å². The third kappa shape index (κ3) is 2.63. The molecule has 0 atom stereocenters. The molecule has 0 saturated carbocycles. The first-order valence-electron chi connectivity index (χ1n) is 4.95. The summed E-state index contributed by atoms with van der Waals surface area (Å²) >= 11 is 4.34. The van der Waals surface area contributed by atoms with E-state index in [1.54, 1.807) is 32.6 Å². The van der Waals surface area contributed by atoms with Crippen molar-refractivity contribution in [2.75, 3.05) is 14.1 Å². The zero-order valence-corrected chi connectivity index (χ0v) is 13.9. The van der Waals surface area contributed by atoms with Gasteiger partial charge in [-0.05, 0) is 57.3 Å². The summed E-state index contributed by atoms with van der Waals surface area (Å²) in [6.45, 7) is 0. The van der Waals surface area contributed by atoms with Crippen molar-refractivity contribution in [1.29, 1.82) is 0 Å². The van der Waals surface area contributed by atoms with Crippen molar-refractivity contribution in [3.8, 4) is 5.82 Å². The smallest absolute Gasteiger partial charge is 0.273 e. The van der Waals surface area contributed by atoms with Gasteiger partial charge in [0.15, 0.2) is 11.5 Å². The molecule has 2 aromatic heterocycles. The summed E-state index contributed by atoms with van der Waals surface area (Å²) in [5.74, 6) is 0.481. The zero-order chi connectivity index (χ0) is 13.3. The number of hydrogen-bond donors (Lipinski definition) is 0. The van der Waals surface area contributed by atoms with E-state index in [-0.39, 0.29) is 5.91 Å². The Morgan fingerprint density at radius 3 is 2.44 bits per heavy atom. The van der Waals surface area contributed by atoms with E-state index in [1.165, 1.54) is 4.90 Å². The number of hydrogen-bond acceptors (Lipinski definition) is 4. The predicted molar refractivity (Wildman–Crippen MR) is 82.6 cm³/mol. The van der Waals surface area contributed by atoms with Gasteiger partial charge in [-0.2, -0.15) is 0 Å². The molecular formula is C10H9I2N5O. The summed E-state index contributed by atoms with van der Waals surface area (Å²) < 4.78 is 3.69. The van der Waals surface area contributed by atoms with E-state index >= 15 is 0 Å². The molecule has 94 valence electrons. The molecule has 0 N–H and O–H groups in total. The van der Waals surface area contributed by atoms with Gasteiger partial charge in [0.1, 0.15) is 13.7 Å². The van der Waals surface area contributed by atoms with Crippen molar-refractivity contribution in [1.82, 2.24) is 24.6 Å². The van der Waals surface area contributed by atoms with Crippen molar-refractivity contribution < 1.29 is 4.79 Å². The van der Waals surface area contributed by atoms with E-state index in [1.807, 2.05) is 4.57 Å². The van der Waals surface area contributed by atoms with Crippen LogP contribution in [0.3, 0.4) is 0 Å². The number of imidazole rings is 1. The van der Waals surface area contributed by atoms with Crippen molar-refractivity contribution >= 4 is 51.1 Å². The molecule has 8 heteroatoms. The number of halogens is 2. The van der Waals surface area contributed by atoms with Gasteiger partial charge in [-0.25, -0.2) is 4.98 Å². The van der Waals surface area contributed by atoms with Gasteiger partial charge in [-0.3, -0.25) is 9.36 Å². The molecule has 2 aromatic rings. The fourth-order valence-electron chi connectivity index (χ4n) is 1.27. The summed E-state index contributed by atoms with van der Waals surface area (Å²) in [6.07, 6.45) is 1.68. The molecule has 0 saturated heterocycles. The van der Waals surface area contributed by atoms with Gasteiger partial charge in [0.05, 0.1) is 0 Å². The van der Waals surface area contributed by atoms with Gasteiger partial charge in [0.25, 0.3) is 5.91 Å². The summed E-state index contributed by atoms with van der Waals surface area (Å²) in [7, 11) is 3.36. The normalized spacial score (nSPS) is 10.4. The van der Waals surface area contributed by atoms with E-state index < -0.39 is 0 Å². The Morgan fingerprint density at radius 1 is 1.28 bits per heavy atom. The number of carbonyl (C=O) groups excluding carboxylic acids is 1. The second kappa shape index (κ2) is 5.47. The highest BCUT2D eigenvalue weighted by molar-refractivity contribution is 14.1. The maximum atomic E-state index is 11.7. The first-order valence-corrected chi connectivity index (χ1v) is 7.10. The Labute approximate surface area is 131 Å². The Balaban J connectivity index is 2.33. The van der Waals surface area contributed by atoms with Crippen LogP contribution in [0.5, 0.6) is 0 Å². The molecule has 1 amide bonds. The number of nitrogens with zero attached hydrogens (tertiary/aromatic N) is 5. The molecule has 6 nitrogen and oxygen atoms in total. The van der Waals surface area contributed by atoms with Gasteiger partial charge in [0, 0.05) is 14.1 Å². The van der Waals surface area contributed by atoms with Crippen LogP contribution in [0.25, 0.3) is 5.82 Å². The minimum absolute atomic E-state index is 0.163. The predicted octanol–water partition coefficient (Wildman–Crippen LogP) is 1.57. The molecule has 0 aromatic carbocycles. The van der Waals surface area contributed by atoms with Gasteiger partial charge in [0.2, 0.25) is 0 Å². The standard InChI is InChI=1S/C10H9I2N5O/c1-16(2)10(18)6-3-4-7(15-14-6)17-5-13-8(11)9(17)12/h3-5H,1-2H3. The van der Waals surface area contributed by atoms with Crippen molar-refractivity contribution in [2.24, 2.45) is 0 Å². The van der Waals surface area contributed by atoms with Crippen LogP contribution in [0.2, 0.25) is 0 Å². The van der Waals surface area contributed by atoms with Crippen molar-refractivity contribution in [3.63, 3.8) is 0 Å². The van der Waals surface area contributed by atoms with Crippen LogP contribution in [-0.2, 0) is 0 Å². The summed E-state index contributed by atoms with van der Waals surface area (Å²) in [4.78, 5) is 17.3. The highest BCUT2D eigenvalue weighted by Crippen LogP contribution is 2.16. The van der Waals surface area contributed by atoms with Crippen LogP contribution in [0.4, 0.5) is 0 Å². The number of amides is 1. The first-order chi connectivity index (χ1) is 8.50. The molecule has 0 aliphatic heterocycles. The van der Waals surface area contributed by atoms with E-state index in [9.17, 15) is 4.79 Å². The SMILES string of the molecule is CN(C)C(=O)c1ccc(-n2cnc(I)c2I)nn1. The summed E-state index contributed by atoms with van der Waals surface area (Å²) in [5, 5.41) is 7.97. The molecule has 18 heavy (non-hydrogen) atoms. The van der Waals surface area contributed by atoms with E-state index in [0.29, 0.717) is 11.5 Å². The van der Waals surface area contributed by atoms with Gasteiger partial charge >= 0.3 is 0 Å². The summed E-state index contributed by atoms with van der Waals surface area (Å²) in [6, 6.07) is 3.41. The minimum atomic E-state index is -0.163. The molecule has 0 aliphatic carbocycles. The lowest BCUT2D eigenvalue weighted by molar-refractivity contribution is 0.0821. The molecule has 2 heterocycles. The lowest BCUT2D eigenvalue weighted by Crippen LogP contribution is -2.23. The number of aromatic nitrogens is 4. The van der Waals surface area contributed by atoms with Gasteiger partial charge in [-0.1, -0.05) is 0 Å². The third-order valence-corrected chi connectivity index (χ3v) is 5.04. The Hall–Kier alpha value is -0.780. The minimum Gasteiger partial charge on any atom is -0.343 e. The van der Waals surface area contributed by atoms with Crippen LogP contribution < -0.4 is 0 Å². The molecule has 0 unspecified atom stereocenters. The lowest BCUT2D eigenvalue weighted by Gasteiger charge is -2.09. The molecule has 0 aliphatic rings. The number of rotatable bonds is 2. The Kier molecular flexibility index (Phi) is 4.14. The van der Waals surface area contributed by atoms with Crippen LogP contribution in [0.15, 0.2) is 18.5 Å². The maximum absolute atomic E-state index is 11.7. The van der Waals surface area contributed by atoms with Crippen LogP contribution in [0.1, 0.15) is 10.5 Å². The second-order valence-corrected chi connectivity index (χ2v) is 5.72. The average molecular weight is 469 g/mol. The second-order valence-electron chi connectivity index (χ2n) is 3.67. The highest BCUT2D eigenvalue weighted by atomic mass is 127. The Morgan fingerprint density at radius 2 is 2.00 bits per heavy atom. The largest absolute Gasteiger partial charge is 0.343 e. The van der Waals surface area contributed by atoms with Crippen LogP contribution in [-0.4, -0.2) is 44.7 Å². The monoisotopic (exact) mass is 469 g/mol. The lowest BCUT2D eigenvalue weighted by atomic mass is 10.3. The number of carbonyl (C=O) groups is 1. The van der Waals surface area contributed by atoms with Crippen LogP contribution >= 0.6 is 45.2 Å². The summed E-state index contributed by atoms with van der Waals surface area (Å²) in [5.41, 5.74) is 0.327. The average Bonchev–Trinajstić information content (AvgIpc) is 2.69. The molecule has 0 radical (unpaired) electrons. The van der Waals surface area contributed by atoms with E-state index in [4.69, 9.17) is 0 Å². The molecule has 0 fully saturated rings. The highest BCUT2D eigenvalue weighted by Gasteiger charge is 2.12. The first kappa shape index (κ1) is 13.6. The Bertz CT molecular complexity index is 578. The molecule has 2 rings (SSSR count). The quantitative estimate of drug-likeness (QED) is 0.628. The van der Waals surface area contributed by atoms with Crippen LogP contribution in [0, 0.1) is 7.40 Å². The fourth-order valence-corrected chi connectivity index (χ4v) is 2.16. The topological polar surface area (TPSA) is 63.9 Å². The zero-order valence-electron chi connectivity index (χ0n) is 9.63.